The maximum absolute atomic E-state index is 13.2. The number of rotatable bonds is 5. The Morgan fingerprint density at radius 3 is 2.37 bits per heavy atom. The van der Waals surface area contributed by atoms with E-state index in [9.17, 15) is 13.2 Å². The summed E-state index contributed by atoms with van der Waals surface area (Å²) in [4.78, 5) is 14.6. The molecule has 2 aromatic rings. The smallest absolute Gasteiger partial charge is 0.253 e. The summed E-state index contributed by atoms with van der Waals surface area (Å²) in [5.41, 5.74) is 1.16. The highest BCUT2D eigenvalue weighted by molar-refractivity contribution is 7.89. The lowest BCUT2D eigenvalue weighted by atomic mass is 9.94. The third-order valence-electron chi connectivity index (χ3n) is 5.30. The monoisotopic (exact) mass is 468 g/mol. The molecule has 8 heteroatoms. The van der Waals surface area contributed by atoms with Crippen molar-refractivity contribution in [3.05, 3.63) is 63.6 Å². The van der Waals surface area contributed by atoms with E-state index < -0.39 is 10.0 Å². The molecule has 5 nitrogen and oxygen atoms in total. The van der Waals surface area contributed by atoms with E-state index in [1.807, 2.05) is 0 Å². The lowest BCUT2D eigenvalue weighted by Crippen LogP contribution is -2.42. The summed E-state index contributed by atoms with van der Waals surface area (Å²) in [5.74, 6) is 0.356. The van der Waals surface area contributed by atoms with Crippen LogP contribution < -0.4 is 0 Å². The molecule has 1 aliphatic heterocycles. The van der Waals surface area contributed by atoms with Gasteiger partial charge in [0.25, 0.3) is 5.91 Å². The lowest BCUT2D eigenvalue weighted by molar-refractivity contribution is 0.0785. The van der Waals surface area contributed by atoms with Crippen molar-refractivity contribution in [2.45, 2.75) is 31.7 Å². The molecule has 0 saturated carbocycles. The minimum Gasteiger partial charge on any atom is -0.337 e. The molecule has 0 N–H and O–H groups in total. The Labute approximate surface area is 188 Å². The van der Waals surface area contributed by atoms with Gasteiger partial charge in [-0.15, -0.1) is 0 Å². The number of hydrogen-bond donors (Lipinski definition) is 0. The van der Waals surface area contributed by atoms with Gasteiger partial charge < -0.3 is 4.90 Å². The molecular formula is C22H26Cl2N2O3S. The van der Waals surface area contributed by atoms with Crippen LogP contribution >= 0.6 is 23.2 Å². The Balaban J connectivity index is 1.80. The molecule has 162 valence electrons. The summed E-state index contributed by atoms with van der Waals surface area (Å²) in [7, 11) is -1.98. The highest BCUT2D eigenvalue weighted by atomic mass is 35.5. The van der Waals surface area contributed by atoms with Crippen LogP contribution in [0.4, 0.5) is 0 Å². The Morgan fingerprint density at radius 2 is 1.73 bits per heavy atom. The molecule has 2 atom stereocenters. The second-order valence-corrected chi connectivity index (χ2v) is 11.0. The van der Waals surface area contributed by atoms with Crippen LogP contribution in [0.3, 0.4) is 0 Å². The number of hydrogen-bond acceptors (Lipinski definition) is 3. The molecule has 0 aliphatic carbocycles. The predicted octanol–water partition coefficient (Wildman–Crippen LogP) is 4.93. The van der Waals surface area contributed by atoms with Crippen molar-refractivity contribution in [2.75, 3.05) is 20.1 Å². The van der Waals surface area contributed by atoms with Gasteiger partial charge >= 0.3 is 0 Å². The summed E-state index contributed by atoms with van der Waals surface area (Å²) in [6, 6.07) is 11.5. The molecule has 3 rings (SSSR count). The predicted molar refractivity (Wildman–Crippen MR) is 120 cm³/mol. The molecule has 2 unspecified atom stereocenters. The van der Waals surface area contributed by atoms with Crippen molar-refractivity contribution in [1.29, 1.82) is 0 Å². The Hall–Kier alpha value is -1.60. The average Bonchev–Trinajstić information content (AvgIpc) is 2.69. The quantitative estimate of drug-likeness (QED) is 0.624. The second-order valence-electron chi connectivity index (χ2n) is 8.21. The summed E-state index contributed by atoms with van der Waals surface area (Å²) < 4.78 is 27.9. The van der Waals surface area contributed by atoms with Crippen LogP contribution in [-0.2, 0) is 16.6 Å². The maximum atomic E-state index is 13.2. The number of benzene rings is 2. The van der Waals surface area contributed by atoms with Crippen LogP contribution in [0.1, 0.15) is 36.2 Å². The highest BCUT2D eigenvalue weighted by Gasteiger charge is 2.32. The number of nitrogens with zero attached hydrogens (tertiary/aromatic N) is 2. The molecule has 1 heterocycles. The summed E-state index contributed by atoms with van der Waals surface area (Å²) in [6.07, 6.45) is 1.02. The minimum atomic E-state index is -3.65. The fourth-order valence-corrected chi connectivity index (χ4v) is 5.99. The SMILES string of the molecule is CC1CC(C)CN(S(=O)(=O)c2cccc(C(=O)N(C)Cc3ccc(Cl)c(Cl)c3)c2)C1. The molecule has 1 aliphatic rings. The van der Waals surface area contributed by atoms with Gasteiger partial charge in [0, 0.05) is 32.2 Å². The standard InChI is InChI=1S/C22H26Cl2N2O3S/c1-15-9-16(2)13-26(12-15)30(28,29)19-6-4-5-18(11-19)22(27)25(3)14-17-7-8-20(23)21(24)10-17/h4-8,10-11,15-16H,9,12-14H2,1-3H3. The molecule has 1 amide bonds. The largest absolute Gasteiger partial charge is 0.337 e. The zero-order chi connectivity index (χ0) is 22.1. The summed E-state index contributed by atoms with van der Waals surface area (Å²) in [6.45, 7) is 5.46. The van der Waals surface area contributed by atoms with Crippen molar-refractivity contribution in [1.82, 2.24) is 9.21 Å². The minimum absolute atomic E-state index is 0.151. The van der Waals surface area contributed by atoms with E-state index in [0.29, 0.717) is 47.1 Å². The summed E-state index contributed by atoms with van der Waals surface area (Å²) >= 11 is 12.0. The van der Waals surface area contributed by atoms with Crippen LogP contribution in [0.25, 0.3) is 0 Å². The lowest BCUT2D eigenvalue weighted by Gasteiger charge is -2.34. The third kappa shape index (κ3) is 5.17. The van der Waals surface area contributed by atoms with E-state index in [2.05, 4.69) is 13.8 Å². The topological polar surface area (TPSA) is 57.7 Å². The van der Waals surface area contributed by atoms with Gasteiger partial charge in [0.05, 0.1) is 14.9 Å². The Kier molecular flexibility index (Phi) is 7.13. The molecule has 30 heavy (non-hydrogen) atoms. The van der Waals surface area contributed by atoms with E-state index >= 15 is 0 Å². The van der Waals surface area contributed by atoms with Gasteiger partial charge in [-0.2, -0.15) is 4.31 Å². The van der Waals surface area contributed by atoms with Gasteiger partial charge in [0.15, 0.2) is 0 Å². The fourth-order valence-electron chi connectivity index (χ4n) is 3.94. The van der Waals surface area contributed by atoms with E-state index in [-0.39, 0.29) is 10.8 Å². The maximum Gasteiger partial charge on any atom is 0.253 e. The molecule has 0 radical (unpaired) electrons. The van der Waals surface area contributed by atoms with Crippen LogP contribution in [0.2, 0.25) is 10.0 Å². The van der Waals surface area contributed by atoms with E-state index in [1.54, 1.807) is 43.4 Å². The number of sulfonamides is 1. The van der Waals surface area contributed by atoms with Crippen molar-refractivity contribution in [3.63, 3.8) is 0 Å². The normalized spacial score (nSPS) is 20.2. The molecule has 0 spiro atoms. The van der Waals surface area contributed by atoms with Crippen LogP contribution in [0.5, 0.6) is 0 Å². The van der Waals surface area contributed by atoms with Gasteiger partial charge in [-0.05, 0) is 54.2 Å². The highest BCUT2D eigenvalue weighted by Crippen LogP contribution is 2.27. The number of halogens is 2. The fraction of sp³-hybridized carbons (Fsp3) is 0.409. The zero-order valence-electron chi connectivity index (χ0n) is 17.3. The number of carbonyl (C=O) groups is 1. The summed E-state index contributed by atoms with van der Waals surface area (Å²) in [5, 5.41) is 0.877. The molecule has 1 fully saturated rings. The van der Waals surface area contributed by atoms with Gasteiger partial charge in [-0.1, -0.05) is 49.2 Å². The number of carbonyl (C=O) groups excluding carboxylic acids is 1. The van der Waals surface area contributed by atoms with Crippen molar-refractivity contribution >= 4 is 39.1 Å². The van der Waals surface area contributed by atoms with Crippen molar-refractivity contribution in [3.8, 4) is 0 Å². The van der Waals surface area contributed by atoms with Crippen LogP contribution in [-0.4, -0.2) is 43.7 Å². The third-order valence-corrected chi connectivity index (χ3v) is 7.87. The second kappa shape index (κ2) is 9.27. The van der Waals surface area contributed by atoms with E-state index in [4.69, 9.17) is 23.2 Å². The van der Waals surface area contributed by atoms with Crippen LogP contribution in [0.15, 0.2) is 47.4 Å². The molecule has 0 aromatic heterocycles. The molecule has 1 saturated heterocycles. The number of piperidine rings is 1. The van der Waals surface area contributed by atoms with Gasteiger partial charge in [0.1, 0.15) is 0 Å². The molecular weight excluding hydrogens is 443 g/mol. The van der Waals surface area contributed by atoms with Crippen LogP contribution in [0, 0.1) is 11.8 Å². The first-order chi connectivity index (χ1) is 14.1. The first kappa shape index (κ1) is 23.1. The number of amides is 1. The van der Waals surface area contributed by atoms with Gasteiger partial charge in [-0.3, -0.25) is 4.79 Å². The first-order valence-electron chi connectivity index (χ1n) is 9.87. The molecule has 0 bridgehead atoms. The van der Waals surface area contributed by atoms with Gasteiger partial charge in [-0.25, -0.2) is 8.42 Å². The molecule has 2 aromatic carbocycles. The van der Waals surface area contributed by atoms with Gasteiger partial charge in [0.2, 0.25) is 10.0 Å². The first-order valence-corrected chi connectivity index (χ1v) is 12.1. The Morgan fingerprint density at radius 1 is 1.07 bits per heavy atom. The van der Waals surface area contributed by atoms with Crippen molar-refractivity contribution < 1.29 is 13.2 Å². The Bertz CT molecular complexity index is 1030. The van der Waals surface area contributed by atoms with Crippen molar-refractivity contribution in [2.24, 2.45) is 11.8 Å². The average molecular weight is 469 g/mol. The zero-order valence-corrected chi connectivity index (χ0v) is 19.6. The van der Waals surface area contributed by atoms with E-state index in [1.165, 1.54) is 15.3 Å². The van der Waals surface area contributed by atoms with E-state index in [0.717, 1.165) is 12.0 Å².